The lowest BCUT2D eigenvalue weighted by Gasteiger charge is -2.11. The molecule has 0 atom stereocenters. The number of nitrogens with zero attached hydrogens (tertiary/aromatic N) is 3. The molecule has 160 valence electrons. The Morgan fingerprint density at radius 2 is 2.07 bits per heavy atom. The summed E-state index contributed by atoms with van der Waals surface area (Å²) in [5, 5.41) is 8.73. The number of hydrogen-bond acceptors (Lipinski definition) is 4. The van der Waals surface area contributed by atoms with E-state index in [1.807, 2.05) is 49.0 Å². The molecule has 0 unspecified atom stereocenters. The zero-order chi connectivity index (χ0) is 21.5. The summed E-state index contributed by atoms with van der Waals surface area (Å²) >= 11 is 6.09. The molecule has 0 saturated heterocycles. The normalized spacial score (nSPS) is 14.2. The average molecular weight is 450 g/mol. The first kappa shape index (κ1) is 20.7. The van der Waals surface area contributed by atoms with Crippen molar-refractivity contribution in [2.75, 3.05) is 12.3 Å². The third-order valence-electron chi connectivity index (χ3n) is 5.31. The van der Waals surface area contributed by atoms with Gasteiger partial charge >= 0.3 is 6.03 Å². The molecule has 1 fully saturated rings. The van der Waals surface area contributed by atoms with Gasteiger partial charge in [-0.25, -0.2) is 17.9 Å². The number of urea groups is 1. The fourth-order valence-corrected chi connectivity index (χ4v) is 4.72. The third-order valence-corrected chi connectivity index (χ3v) is 6.78. The van der Waals surface area contributed by atoms with Crippen molar-refractivity contribution in [3.8, 4) is 5.82 Å². The van der Waals surface area contributed by atoms with Gasteiger partial charge in [-0.3, -0.25) is 4.68 Å². The molecule has 0 spiro atoms. The number of halogens is 1. The maximum absolute atomic E-state index is 12.4. The summed E-state index contributed by atoms with van der Waals surface area (Å²) in [5.74, 6) is 1.05. The van der Waals surface area contributed by atoms with Gasteiger partial charge in [0.25, 0.3) is 0 Å². The third kappa shape index (κ3) is 4.46. The number of carbonyl (C=O) groups is 1. The predicted octanol–water partition coefficient (Wildman–Crippen LogP) is 2.91. The zero-order valence-electron chi connectivity index (χ0n) is 16.9. The minimum atomic E-state index is -3.77. The van der Waals surface area contributed by atoms with Crippen LogP contribution in [0.5, 0.6) is 0 Å². The van der Waals surface area contributed by atoms with Gasteiger partial charge in [-0.15, -0.1) is 0 Å². The highest BCUT2D eigenvalue weighted by molar-refractivity contribution is 7.90. The lowest BCUT2D eigenvalue weighted by atomic mass is 10.2. The summed E-state index contributed by atoms with van der Waals surface area (Å²) in [4.78, 5) is 11.9. The zero-order valence-corrected chi connectivity index (χ0v) is 18.4. The van der Waals surface area contributed by atoms with Crippen LogP contribution in [0.2, 0.25) is 5.02 Å². The second-order valence-corrected chi connectivity index (χ2v) is 10.0. The number of rotatable bonds is 7. The molecule has 2 heterocycles. The number of aromatic nitrogens is 3. The smallest absolute Gasteiger partial charge is 0.328 e. The number of aryl methyl sites for hydroxylation is 2. The van der Waals surface area contributed by atoms with Crippen LogP contribution < -0.4 is 10.0 Å². The van der Waals surface area contributed by atoms with E-state index < -0.39 is 16.1 Å². The first-order valence-electron chi connectivity index (χ1n) is 9.81. The fourth-order valence-electron chi connectivity index (χ4n) is 3.61. The number of hydrogen-bond donors (Lipinski definition) is 2. The van der Waals surface area contributed by atoms with Gasteiger partial charge in [0, 0.05) is 35.8 Å². The number of sulfonamides is 1. The van der Waals surface area contributed by atoms with Gasteiger partial charge in [0.15, 0.2) is 0 Å². The second kappa shape index (κ2) is 7.96. The van der Waals surface area contributed by atoms with E-state index in [4.69, 9.17) is 11.6 Å². The van der Waals surface area contributed by atoms with Gasteiger partial charge in [-0.1, -0.05) is 11.6 Å². The van der Waals surface area contributed by atoms with Crippen molar-refractivity contribution >= 4 is 38.6 Å². The first-order valence-corrected chi connectivity index (χ1v) is 11.8. The van der Waals surface area contributed by atoms with Crippen LogP contribution >= 0.6 is 11.6 Å². The molecule has 10 heteroatoms. The van der Waals surface area contributed by atoms with Gasteiger partial charge in [-0.05, 0) is 56.4 Å². The summed E-state index contributed by atoms with van der Waals surface area (Å²) < 4.78 is 30.7. The van der Waals surface area contributed by atoms with Crippen molar-refractivity contribution in [1.82, 2.24) is 24.4 Å². The number of amides is 2. The minimum Gasteiger partial charge on any atom is -0.337 e. The molecule has 2 aromatic heterocycles. The van der Waals surface area contributed by atoms with Crippen LogP contribution in [0, 0.1) is 12.8 Å². The molecule has 1 aliphatic carbocycles. The molecular weight excluding hydrogens is 426 g/mol. The van der Waals surface area contributed by atoms with Gasteiger partial charge in [0.2, 0.25) is 10.0 Å². The molecular formula is C20H24ClN5O3S. The Morgan fingerprint density at radius 1 is 1.30 bits per heavy atom. The molecule has 2 N–H and O–H groups in total. The summed E-state index contributed by atoms with van der Waals surface area (Å²) in [6.45, 7) is 2.36. The van der Waals surface area contributed by atoms with E-state index in [9.17, 15) is 13.2 Å². The van der Waals surface area contributed by atoms with Crippen LogP contribution in [0.25, 0.3) is 16.7 Å². The van der Waals surface area contributed by atoms with Crippen LogP contribution in [0.15, 0.2) is 30.5 Å². The standard InChI is InChI=1S/C20H24ClN5O3S/c1-13-17(8-10-30(28,29)24-20(27)22-12-14-3-4-14)19(25(2)23-13)26-9-7-15-11-16(21)5-6-18(15)26/h5-7,9,11,14H,3-4,8,10,12H2,1-2H3,(H2,22,24,27). The molecule has 4 rings (SSSR count). The van der Waals surface area contributed by atoms with Crippen LogP contribution in [-0.4, -0.2) is 41.1 Å². The molecule has 1 saturated carbocycles. The average Bonchev–Trinajstić information content (AvgIpc) is 3.35. The maximum Gasteiger partial charge on any atom is 0.328 e. The van der Waals surface area contributed by atoms with Crippen molar-refractivity contribution < 1.29 is 13.2 Å². The van der Waals surface area contributed by atoms with Crippen molar-refractivity contribution in [2.24, 2.45) is 13.0 Å². The van der Waals surface area contributed by atoms with Crippen molar-refractivity contribution in [3.63, 3.8) is 0 Å². The van der Waals surface area contributed by atoms with Crippen LogP contribution in [0.1, 0.15) is 24.1 Å². The molecule has 0 bridgehead atoms. The highest BCUT2D eigenvalue weighted by Gasteiger charge is 2.24. The SMILES string of the molecule is Cc1nn(C)c(-n2ccc3cc(Cl)ccc32)c1CCS(=O)(=O)NC(=O)NCC1CC1. The maximum atomic E-state index is 12.4. The monoisotopic (exact) mass is 449 g/mol. The van der Waals surface area contributed by atoms with E-state index in [0.29, 0.717) is 17.5 Å². The molecule has 1 aromatic carbocycles. The van der Waals surface area contributed by atoms with Gasteiger partial charge < -0.3 is 9.88 Å². The first-order chi connectivity index (χ1) is 14.2. The van der Waals surface area contributed by atoms with Gasteiger partial charge in [0.05, 0.1) is 17.0 Å². The van der Waals surface area contributed by atoms with Crippen LogP contribution in [-0.2, 0) is 23.5 Å². The minimum absolute atomic E-state index is 0.214. The number of nitrogens with one attached hydrogen (secondary N) is 2. The summed E-state index contributed by atoms with van der Waals surface area (Å²) in [7, 11) is -1.95. The Balaban J connectivity index is 1.54. The Morgan fingerprint density at radius 3 is 2.80 bits per heavy atom. The fraction of sp³-hybridized carbons (Fsp3) is 0.400. The Hall–Kier alpha value is -2.52. The molecule has 0 radical (unpaired) electrons. The lowest BCUT2D eigenvalue weighted by Crippen LogP contribution is -2.41. The van der Waals surface area contributed by atoms with E-state index in [1.165, 1.54) is 0 Å². The lowest BCUT2D eigenvalue weighted by molar-refractivity contribution is 0.245. The summed E-state index contributed by atoms with van der Waals surface area (Å²) in [6.07, 6.45) is 4.30. The van der Waals surface area contributed by atoms with Crippen LogP contribution in [0.3, 0.4) is 0 Å². The highest BCUT2D eigenvalue weighted by atomic mass is 35.5. The summed E-state index contributed by atoms with van der Waals surface area (Å²) in [5.41, 5.74) is 2.51. The van der Waals surface area contributed by atoms with Crippen molar-refractivity contribution in [1.29, 1.82) is 0 Å². The largest absolute Gasteiger partial charge is 0.337 e. The van der Waals surface area contributed by atoms with Crippen molar-refractivity contribution in [3.05, 3.63) is 46.7 Å². The van der Waals surface area contributed by atoms with Gasteiger partial charge in [-0.2, -0.15) is 5.10 Å². The molecule has 2 amide bonds. The van der Waals surface area contributed by atoms with E-state index >= 15 is 0 Å². The quantitative estimate of drug-likeness (QED) is 0.579. The molecule has 30 heavy (non-hydrogen) atoms. The molecule has 3 aromatic rings. The number of carbonyl (C=O) groups excluding carboxylic acids is 1. The van der Waals surface area contributed by atoms with E-state index in [2.05, 4.69) is 15.1 Å². The van der Waals surface area contributed by atoms with Crippen LogP contribution in [0.4, 0.5) is 4.79 Å². The summed E-state index contributed by atoms with van der Waals surface area (Å²) in [6, 6.07) is 6.91. The second-order valence-electron chi connectivity index (χ2n) is 7.72. The Bertz CT molecular complexity index is 1210. The highest BCUT2D eigenvalue weighted by Crippen LogP contribution is 2.28. The number of benzene rings is 1. The predicted molar refractivity (Wildman–Crippen MR) is 117 cm³/mol. The molecule has 1 aliphatic rings. The molecule has 0 aliphatic heterocycles. The number of fused-ring (bicyclic) bond motifs is 1. The van der Waals surface area contributed by atoms with Gasteiger partial charge in [0.1, 0.15) is 5.82 Å². The Kier molecular flexibility index (Phi) is 5.50. The topological polar surface area (TPSA) is 98.0 Å². The molecule has 8 nitrogen and oxygen atoms in total. The van der Waals surface area contributed by atoms with E-state index in [1.54, 1.807) is 4.68 Å². The van der Waals surface area contributed by atoms with E-state index in [0.717, 1.165) is 40.8 Å². The van der Waals surface area contributed by atoms with Crippen molar-refractivity contribution in [2.45, 2.75) is 26.2 Å². The van der Waals surface area contributed by atoms with E-state index in [-0.39, 0.29) is 12.2 Å². The Labute approximate surface area is 180 Å².